The highest BCUT2D eigenvalue weighted by Gasteiger charge is 2.19. The third-order valence-corrected chi connectivity index (χ3v) is 4.40. The summed E-state index contributed by atoms with van der Waals surface area (Å²) in [6.45, 7) is 5.93. The van der Waals surface area contributed by atoms with E-state index in [9.17, 15) is 4.79 Å². The van der Waals surface area contributed by atoms with Crippen LogP contribution in [0.4, 0.5) is 0 Å². The van der Waals surface area contributed by atoms with Crippen LogP contribution in [0.3, 0.4) is 0 Å². The minimum Gasteiger partial charge on any atom is -0.379 e. The number of nitrogens with one attached hydrogen (secondary N) is 1. The topological polar surface area (TPSA) is 59.4 Å². The number of ether oxygens (including phenoxy) is 1. The maximum atomic E-state index is 12.3. The molecule has 1 aliphatic rings. The standard InChI is InChI=1S/C18H24N4O2/c1-15(21-8-10-24-11-9-21)12-18(23)20-13-16-4-2-3-5-17(16)22-7-6-19-14-22/h2-7,14-15H,8-13H2,1H3,(H,20,23)/t15-/m0/s1. The Morgan fingerprint density at radius 3 is 2.88 bits per heavy atom. The second-order valence-electron chi connectivity index (χ2n) is 6.08. The Morgan fingerprint density at radius 1 is 1.33 bits per heavy atom. The van der Waals surface area contributed by atoms with Crippen LogP contribution < -0.4 is 5.32 Å². The van der Waals surface area contributed by atoms with Gasteiger partial charge in [0.05, 0.1) is 25.2 Å². The average Bonchev–Trinajstić information content (AvgIpc) is 3.15. The summed E-state index contributed by atoms with van der Waals surface area (Å²) < 4.78 is 7.32. The zero-order chi connectivity index (χ0) is 16.8. The van der Waals surface area contributed by atoms with Gasteiger partial charge in [0.1, 0.15) is 0 Å². The Kier molecular flexibility index (Phi) is 5.61. The van der Waals surface area contributed by atoms with E-state index in [2.05, 4.69) is 22.1 Å². The molecule has 6 heteroatoms. The average molecular weight is 328 g/mol. The summed E-state index contributed by atoms with van der Waals surface area (Å²) in [4.78, 5) is 18.7. The number of aromatic nitrogens is 2. The molecular formula is C18H24N4O2. The first-order valence-corrected chi connectivity index (χ1v) is 8.39. The molecule has 1 fully saturated rings. The molecule has 128 valence electrons. The predicted octanol–water partition coefficient (Wildman–Crippen LogP) is 1.60. The second-order valence-corrected chi connectivity index (χ2v) is 6.08. The van der Waals surface area contributed by atoms with Crippen LogP contribution in [0.15, 0.2) is 43.0 Å². The van der Waals surface area contributed by atoms with Crippen molar-refractivity contribution in [3.63, 3.8) is 0 Å². The van der Waals surface area contributed by atoms with Gasteiger partial charge in [0.25, 0.3) is 0 Å². The maximum absolute atomic E-state index is 12.3. The number of amides is 1. The number of carbonyl (C=O) groups is 1. The Balaban J connectivity index is 1.55. The third kappa shape index (κ3) is 4.21. The predicted molar refractivity (Wildman–Crippen MR) is 91.9 cm³/mol. The zero-order valence-corrected chi connectivity index (χ0v) is 14.0. The van der Waals surface area contributed by atoms with Crippen LogP contribution in [-0.4, -0.2) is 52.7 Å². The molecule has 2 heterocycles. The van der Waals surface area contributed by atoms with Crippen molar-refractivity contribution in [1.82, 2.24) is 19.8 Å². The quantitative estimate of drug-likeness (QED) is 0.875. The van der Waals surface area contributed by atoms with Gasteiger partial charge in [0.15, 0.2) is 0 Å². The van der Waals surface area contributed by atoms with Gasteiger partial charge in [0.2, 0.25) is 5.91 Å². The first kappa shape index (κ1) is 16.7. The van der Waals surface area contributed by atoms with Crippen molar-refractivity contribution >= 4 is 5.91 Å². The summed E-state index contributed by atoms with van der Waals surface area (Å²) in [5.74, 6) is 0.0782. The third-order valence-electron chi connectivity index (χ3n) is 4.40. The Bertz CT molecular complexity index is 651. The van der Waals surface area contributed by atoms with Gasteiger partial charge in [-0.15, -0.1) is 0 Å². The van der Waals surface area contributed by atoms with Gasteiger partial charge in [0, 0.05) is 44.5 Å². The fourth-order valence-corrected chi connectivity index (χ4v) is 3.00. The highest BCUT2D eigenvalue weighted by molar-refractivity contribution is 5.76. The lowest BCUT2D eigenvalue weighted by Gasteiger charge is -2.31. The van der Waals surface area contributed by atoms with Crippen molar-refractivity contribution in [2.24, 2.45) is 0 Å². The normalized spacial score (nSPS) is 16.7. The highest BCUT2D eigenvalue weighted by atomic mass is 16.5. The molecule has 1 aromatic carbocycles. The van der Waals surface area contributed by atoms with Gasteiger partial charge >= 0.3 is 0 Å². The van der Waals surface area contributed by atoms with E-state index in [1.165, 1.54) is 0 Å². The molecule has 3 rings (SSSR count). The molecule has 1 amide bonds. The van der Waals surface area contributed by atoms with E-state index in [-0.39, 0.29) is 11.9 Å². The van der Waals surface area contributed by atoms with Crippen LogP contribution in [0, 0.1) is 0 Å². The van der Waals surface area contributed by atoms with E-state index >= 15 is 0 Å². The van der Waals surface area contributed by atoms with Crippen molar-refractivity contribution < 1.29 is 9.53 Å². The van der Waals surface area contributed by atoms with E-state index in [1.54, 1.807) is 12.5 Å². The molecular weight excluding hydrogens is 304 g/mol. The van der Waals surface area contributed by atoms with E-state index in [0.29, 0.717) is 13.0 Å². The SMILES string of the molecule is C[C@@H](CC(=O)NCc1ccccc1-n1ccnc1)N1CCOCC1. The second kappa shape index (κ2) is 8.08. The number of carbonyl (C=O) groups excluding carboxylic acids is 1. The van der Waals surface area contributed by atoms with Crippen LogP contribution in [0.1, 0.15) is 18.9 Å². The van der Waals surface area contributed by atoms with E-state index in [1.807, 2.05) is 35.0 Å². The summed E-state index contributed by atoms with van der Waals surface area (Å²) in [6.07, 6.45) is 5.93. The number of imidazole rings is 1. The summed E-state index contributed by atoms with van der Waals surface area (Å²) in [7, 11) is 0. The molecule has 0 spiro atoms. The fraction of sp³-hybridized carbons (Fsp3) is 0.444. The Labute approximate surface area is 142 Å². The molecule has 1 aliphatic heterocycles. The minimum absolute atomic E-state index is 0.0782. The van der Waals surface area contributed by atoms with Crippen molar-refractivity contribution in [1.29, 1.82) is 0 Å². The molecule has 24 heavy (non-hydrogen) atoms. The molecule has 6 nitrogen and oxygen atoms in total. The number of para-hydroxylation sites is 1. The molecule has 2 aromatic rings. The molecule has 0 unspecified atom stereocenters. The monoisotopic (exact) mass is 328 g/mol. The summed E-state index contributed by atoms with van der Waals surface area (Å²) in [6, 6.07) is 8.26. The maximum Gasteiger partial charge on any atom is 0.221 e. The van der Waals surface area contributed by atoms with Gasteiger partial charge in [-0.25, -0.2) is 4.98 Å². The van der Waals surface area contributed by atoms with E-state index in [4.69, 9.17) is 4.74 Å². The van der Waals surface area contributed by atoms with Crippen LogP contribution in [0.25, 0.3) is 5.69 Å². The summed E-state index contributed by atoms with van der Waals surface area (Å²) in [5, 5.41) is 3.04. The number of morpholine rings is 1. The lowest BCUT2D eigenvalue weighted by Crippen LogP contribution is -2.44. The molecule has 0 saturated carbocycles. The number of nitrogens with zero attached hydrogens (tertiary/aromatic N) is 3. The van der Waals surface area contributed by atoms with E-state index in [0.717, 1.165) is 37.6 Å². The lowest BCUT2D eigenvalue weighted by atomic mass is 10.1. The Hall–Kier alpha value is -2.18. The summed E-state index contributed by atoms with van der Waals surface area (Å²) in [5.41, 5.74) is 2.11. The largest absolute Gasteiger partial charge is 0.379 e. The zero-order valence-electron chi connectivity index (χ0n) is 14.0. The van der Waals surface area contributed by atoms with Crippen molar-refractivity contribution in [3.8, 4) is 5.69 Å². The molecule has 1 N–H and O–H groups in total. The highest BCUT2D eigenvalue weighted by Crippen LogP contribution is 2.14. The van der Waals surface area contributed by atoms with Gasteiger partial charge in [-0.1, -0.05) is 18.2 Å². The first-order chi connectivity index (χ1) is 11.7. The van der Waals surface area contributed by atoms with Crippen LogP contribution in [0.5, 0.6) is 0 Å². The van der Waals surface area contributed by atoms with Crippen molar-refractivity contribution in [2.45, 2.75) is 25.9 Å². The molecule has 0 radical (unpaired) electrons. The lowest BCUT2D eigenvalue weighted by molar-refractivity contribution is -0.122. The van der Waals surface area contributed by atoms with Gasteiger partial charge in [-0.3, -0.25) is 9.69 Å². The van der Waals surface area contributed by atoms with Gasteiger partial charge in [-0.05, 0) is 18.6 Å². The molecule has 1 aromatic heterocycles. The Morgan fingerprint density at radius 2 is 2.12 bits per heavy atom. The van der Waals surface area contributed by atoms with Gasteiger partial charge in [-0.2, -0.15) is 0 Å². The smallest absolute Gasteiger partial charge is 0.221 e. The minimum atomic E-state index is 0.0782. The first-order valence-electron chi connectivity index (χ1n) is 8.39. The summed E-state index contributed by atoms with van der Waals surface area (Å²) >= 11 is 0. The van der Waals surface area contributed by atoms with Crippen molar-refractivity contribution in [3.05, 3.63) is 48.5 Å². The van der Waals surface area contributed by atoms with Gasteiger partial charge < -0.3 is 14.6 Å². The molecule has 1 atom stereocenters. The molecule has 0 bridgehead atoms. The molecule has 1 saturated heterocycles. The number of hydrogen-bond acceptors (Lipinski definition) is 4. The number of hydrogen-bond donors (Lipinski definition) is 1. The van der Waals surface area contributed by atoms with Crippen LogP contribution >= 0.6 is 0 Å². The van der Waals surface area contributed by atoms with Crippen molar-refractivity contribution in [2.75, 3.05) is 26.3 Å². The fourth-order valence-electron chi connectivity index (χ4n) is 3.00. The van der Waals surface area contributed by atoms with E-state index < -0.39 is 0 Å². The number of benzene rings is 1. The van der Waals surface area contributed by atoms with Crippen LogP contribution in [0.2, 0.25) is 0 Å². The number of rotatable bonds is 6. The van der Waals surface area contributed by atoms with Crippen LogP contribution in [-0.2, 0) is 16.1 Å². The molecule has 0 aliphatic carbocycles.